The number of aryl methyl sites for hydroxylation is 1. The Bertz CT molecular complexity index is 375. The Labute approximate surface area is 120 Å². The van der Waals surface area contributed by atoms with E-state index in [4.69, 9.17) is 16.0 Å². The van der Waals surface area contributed by atoms with Gasteiger partial charge in [-0.15, -0.1) is 16.7 Å². The van der Waals surface area contributed by atoms with Crippen LogP contribution < -0.4 is 4.90 Å². The van der Waals surface area contributed by atoms with Gasteiger partial charge in [-0.25, -0.2) is 0 Å². The lowest BCUT2D eigenvalue weighted by molar-refractivity contribution is 0.447. The van der Waals surface area contributed by atoms with Gasteiger partial charge in [0.25, 0.3) is 0 Å². The first-order chi connectivity index (χ1) is 9.20. The maximum absolute atomic E-state index is 5.75. The summed E-state index contributed by atoms with van der Waals surface area (Å²) in [5.41, 5.74) is 0. The lowest BCUT2D eigenvalue weighted by Gasteiger charge is -2.27. The summed E-state index contributed by atoms with van der Waals surface area (Å²) in [5.74, 6) is 1.86. The van der Waals surface area contributed by atoms with Crippen molar-refractivity contribution in [2.24, 2.45) is 5.92 Å². The molecule has 1 saturated carbocycles. The van der Waals surface area contributed by atoms with Gasteiger partial charge in [-0.3, -0.25) is 0 Å². The van der Waals surface area contributed by atoms with E-state index >= 15 is 0 Å². The molecule has 0 radical (unpaired) electrons. The predicted octanol–water partition coefficient (Wildman–Crippen LogP) is 3.65. The molecule has 2 rings (SSSR count). The number of aromatic nitrogens is 2. The third-order valence-corrected chi connectivity index (χ3v) is 3.91. The van der Waals surface area contributed by atoms with Crippen LogP contribution in [0.5, 0.6) is 0 Å². The number of hydrogen-bond acceptors (Lipinski definition) is 4. The van der Waals surface area contributed by atoms with Crippen molar-refractivity contribution in [1.29, 1.82) is 0 Å². The van der Waals surface area contributed by atoms with Gasteiger partial charge in [-0.05, 0) is 25.2 Å². The van der Waals surface area contributed by atoms with Crippen LogP contribution >= 0.6 is 11.6 Å². The Balaban J connectivity index is 2.05. The fourth-order valence-corrected chi connectivity index (χ4v) is 2.75. The molecule has 5 heteroatoms. The van der Waals surface area contributed by atoms with E-state index in [9.17, 15) is 0 Å². The maximum atomic E-state index is 5.75. The fourth-order valence-electron chi connectivity index (χ4n) is 2.59. The molecule has 0 unspecified atom stereocenters. The summed E-state index contributed by atoms with van der Waals surface area (Å²) in [6.45, 7) is 5.50. The second-order valence-corrected chi connectivity index (χ2v) is 6.11. The third-order valence-electron chi connectivity index (χ3n) is 3.72. The van der Waals surface area contributed by atoms with Crippen LogP contribution in [0.25, 0.3) is 0 Å². The molecule has 1 heterocycles. The van der Waals surface area contributed by atoms with E-state index in [2.05, 4.69) is 28.9 Å². The van der Waals surface area contributed by atoms with Crippen LogP contribution in [0, 0.1) is 5.92 Å². The minimum absolute atomic E-state index is 0.525. The average Bonchev–Trinajstić information content (AvgIpc) is 3.01. The smallest absolute Gasteiger partial charge is 0.318 e. The quantitative estimate of drug-likeness (QED) is 0.717. The first-order valence-corrected chi connectivity index (χ1v) is 7.89. The number of alkyl halides is 1. The van der Waals surface area contributed by atoms with E-state index in [1.54, 1.807) is 0 Å². The van der Waals surface area contributed by atoms with Crippen LogP contribution in [-0.2, 0) is 6.42 Å². The van der Waals surface area contributed by atoms with Crippen LogP contribution in [0.2, 0.25) is 0 Å². The SMILES string of the molecule is CC(C)CCN(c1nnc(CCCl)o1)C1CCCC1. The van der Waals surface area contributed by atoms with Crippen LogP contribution in [0.4, 0.5) is 6.01 Å². The molecule has 0 N–H and O–H groups in total. The van der Waals surface area contributed by atoms with E-state index in [1.807, 2.05) is 0 Å². The zero-order chi connectivity index (χ0) is 13.7. The third kappa shape index (κ3) is 4.10. The van der Waals surface area contributed by atoms with E-state index in [0.29, 0.717) is 36.2 Å². The Kier molecular flexibility index (Phi) is 5.49. The molecule has 108 valence electrons. The lowest BCUT2D eigenvalue weighted by atomic mass is 10.1. The summed E-state index contributed by atoms with van der Waals surface area (Å²) in [5, 5.41) is 8.29. The summed E-state index contributed by atoms with van der Waals surface area (Å²) < 4.78 is 5.75. The largest absolute Gasteiger partial charge is 0.408 e. The molecule has 4 nitrogen and oxygen atoms in total. The second-order valence-electron chi connectivity index (χ2n) is 5.73. The average molecular weight is 286 g/mol. The molecule has 19 heavy (non-hydrogen) atoms. The summed E-state index contributed by atoms with van der Waals surface area (Å²) in [4.78, 5) is 2.32. The van der Waals surface area contributed by atoms with Crippen molar-refractivity contribution in [2.45, 2.75) is 58.4 Å². The number of nitrogens with zero attached hydrogens (tertiary/aromatic N) is 3. The molecule has 0 atom stereocenters. The van der Waals surface area contributed by atoms with Crippen LogP contribution in [-0.4, -0.2) is 28.7 Å². The molecule has 1 aromatic rings. The number of rotatable bonds is 7. The van der Waals surface area contributed by atoms with Crippen molar-refractivity contribution in [3.05, 3.63) is 5.89 Å². The molecule has 1 aliphatic carbocycles. The topological polar surface area (TPSA) is 42.2 Å². The van der Waals surface area contributed by atoms with Gasteiger partial charge in [0.05, 0.1) is 0 Å². The van der Waals surface area contributed by atoms with E-state index in [0.717, 1.165) is 13.0 Å². The maximum Gasteiger partial charge on any atom is 0.318 e. The van der Waals surface area contributed by atoms with Gasteiger partial charge in [0.1, 0.15) is 0 Å². The summed E-state index contributed by atoms with van der Waals surface area (Å²) in [6.07, 6.45) is 6.91. The Hall–Kier alpha value is -0.770. The Morgan fingerprint density at radius 2 is 2.05 bits per heavy atom. The van der Waals surface area contributed by atoms with Crippen molar-refractivity contribution in [2.75, 3.05) is 17.3 Å². The van der Waals surface area contributed by atoms with Gasteiger partial charge >= 0.3 is 6.01 Å². The molecule has 0 bridgehead atoms. The second kappa shape index (κ2) is 7.13. The number of anilines is 1. The van der Waals surface area contributed by atoms with Crippen molar-refractivity contribution in [1.82, 2.24) is 10.2 Å². The molecular weight excluding hydrogens is 262 g/mol. The van der Waals surface area contributed by atoms with E-state index < -0.39 is 0 Å². The summed E-state index contributed by atoms with van der Waals surface area (Å²) in [7, 11) is 0. The van der Waals surface area contributed by atoms with Crippen molar-refractivity contribution in [3.63, 3.8) is 0 Å². The highest BCUT2D eigenvalue weighted by Crippen LogP contribution is 2.28. The van der Waals surface area contributed by atoms with E-state index in [-0.39, 0.29) is 0 Å². The Morgan fingerprint density at radius 3 is 2.68 bits per heavy atom. The zero-order valence-electron chi connectivity index (χ0n) is 11.9. The monoisotopic (exact) mass is 285 g/mol. The summed E-state index contributed by atoms with van der Waals surface area (Å²) >= 11 is 5.71. The molecule has 1 fully saturated rings. The molecule has 0 aromatic carbocycles. The molecule has 0 amide bonds. The van der Waals surface area contributed by atoms with Crippen molar-refractivity contribution >= 4 is 17.6 Å². The van der Waals surface area contributed by atoms with Crippen molar-refractivity contribution < 1.29 is 4.42 Å². The Morgan fingerprint density at radius 1 is 1.32 bits per heavy atom. The minimum atomic E-state index is 0.525. The molecule has 0 saturated heterocycles. The number of hydrogen-bond donors (Lipinski definition) is 0. The highest BCUT2D eigenvalue weighted by atomic mass is 35.5. The van der Waals surface area contributed by atoms with Gasteiger partial charge in [0.2, 0.25) is 5.89 Å². The normalized spacial score (nSPS) is 16.4. The van der Waals surface area contributed by atoms with Crippen LogP contribution in [0.1, 0.15) is 51.8 Å². The minimum Gasteiger partial charge on any atom is -0.408 e. The van der Waals surface area contributed by atoms with Gasteiger partial charge in [0.15, 0.2) is 0 Å². The van der Waals surface area contributed by atoms with E-state index in [1.165, 1.54) is 25.7 Å². The predicted molar refractivity (Wildman–Crippen MR) is 77.8 cm³/mol. The molecule has 0 spiro atoms. The molecule has 1 aromatic heterocycles. The van der Waals surface area contributed by atoms with Gasteiger partial charge < -0.3 is 9.32 Å². The standard InChI is InChI=1S/C14H24ClN3O/c1-11(2)8-10-18(12-5-3-4-6-12)14-17-16-13(19-14)7-9-15/h11-12H,3-10H2,1-2H3. The first-order valence-electron chi connectivity index (χ1n) is 7.35. The zero-order valence-corrected chi connectivity index (χ0v) is 12.7. The summed E-state index contributed by atoms with van der Waals surface area (Å²) in [6, 6.07) is 1.26. The highest BCUT2D eigenvalue weighted by molar-refractivity contribution is 6.17. The lowest BCUT2D eigenvalue weighted by Crippen LogP contribution is -2.35. The van der Waals surface area contributed by atoms with Gasteiger partial charge in [-0.1, -0.05) is 31.8 Å². The van der Waals surface area contributed by atoms with Gasteiger partial charge in [0, 0.05) is 24.9 Å². The molecular formula is C14H24ClN3O. The first kappa shape index (κ1) is 14.6. The van der Waals surface area contributed by atoms with Crippen LogP contribution in [0.15, 0.2) is 4.42 Å². The number of halogens is 1. The molecule has 0 aliphatic heterocycles. The van der Waals surface area contributed by atoms with Crippen LogP contribution in [0.3, 0.4) is 0 Å². The highest BCUT2D eigenvalue weighted by Gasteiger charge is 2.26. The molecule has 1 aliphatic rings. The van der Waals surface area contributed by atoms with Crippen molar-refractivity contribution in [3.8, 4) is 0 Å². The fraction of sp³-hybridized carbons (Fsp3) is 0.857. The van der Waals surface area contributed by atoms with Gasteiger partial charge in [-0.2, -0.15) is 0 Å².